The molecule has 0 aliphatic carbocycles. The van der Waals surface area contributed by atoms with Crippen LogP contribution in [0.4, 0.5) is 5.69 Å². The van der Waals surface area contributed by atoms with E-state index in [1.165, 1.54) is 0 Å². The number of ether oxygens (including phenoxy) is 2. The second-order valence-electron chi connectivity index (χ2n) is 2.85. The molecule has 0 atom stereocenters. The molecule has 2 N–H and O–H groups in total. The zero-order valence-electron chi connectivity index (χ0n) is 7.25. The second kappa shape index (κ2) is 3.49. The topological polar surface area (TPSA) is 61.6 Å². The average Bonchev–Trinajstić information content (AvgIpc) is 2.62. The number of anilines is 1. The van der Waals surface area contributed by atoms with Gasteiger partial charge in [-0.15, -0.1) is 0 Å². The zero-order chi connectivity index (χ0) is 10.1. The number of carbonyl (C=O) groups excluding carboxylic acids is 1. The highest BCUT2D eigenvalue weighted by molar-refractivity contribution is 9.09. The molecule has 1 heterocycles. The predicted octanol–water partition coefficient (Wildman–Crippen LogP) is 1.58. The van der Waals surface area contributed by atoms with Gasteiger partial charge in [-0.05, 0) is 6.07 Å². The first-order chi connectivity index (χ1) is 6.72. The lowest BCUT2D eigenvalue weighted by atomic mass is 10.1. The van der Waals surface area contributed by atoms with Crippen LogP contribution in [0.5, 0.6) is 11.5 Å². The van der Waals surface area contributed by atoms with Gasteiger partial charge in [-0.1, -0.05) is 15.9 Å². The molecule has 5 heteroatoms. The molecule has 0 aromatic heterocycles. The molecule has 0 unspecified atom stereocenters. The van der Waals surface area contributed by atoms with Crippen molar-refractivity contribution in [3.8, 4) is 11.5 Å². The van der Waals surface area contributed by atoms with E-state index in [9.17, 15) is 4.79 Å². The first kappa shape index (κ1) is 9.33. The molecular weight excluding hydrogens is 250 g/mol. The van der Waals surface area contributed by atoms with Gasteiger partial charge < -0.3 is 15.2 Å². The van der Waals surface area contributed by atoms with Crippen molar-refractivity contribution in [2.45, 2.75) is 0 Å². The van der Waals surface area contributed by atoms with Crippen molar-refractivity contribution in [2.24, 2.45) is 0 Å². The Balaban J connectivity index is 2.47. The monoisotopic (exact) mass is 257 g/mol. The second-order valence-corrected chi connectivity index (χ2v) is 3.41. The van der Waals surface area contributed by atoms with Gasteiger partial charge in [-0.2, -0.15) is 0 Å². The summed E-state index contributed by atoms with van der Waals surface area (Å²) < 4.78 is 10.3. The Bertz CT molecular complexity index is 392. The molecule has 1 aromatic rings. The van der Waals surface area contributed by atoms with Crippen LogP contribution in [0.2, 0.25) is 0 Å². The Hall–Kier alpha value is -1.23. The first-order valence-electron chi connectivity index (χ1n) is 4.00. The van der Waals surface area contributed by atoms with E-state index in [4.69, 9.17) is 15.2 Å². The van der Waals surface area contributed by atoms with Gasteiger partial charge in [0.25, 0.3) is 0 Å². The normalized spacial score (nSPS) is 12.9. The van der Waals surface area contributed by atoms with E-state index in [0.29, 0.717) is 22.7 Å². The van der Waals surface area contributed by atoms with Crippen molar-refractivity contribution in [3.63, 3.8) is 0 Å². The summed E-state index contributed by atoms with van der Waals surface area (Å²) in [7, 11) is 0. The first-order valence-corrected chi connectivity index (χ1v) is 5.13. The lowest BCUT2D eigenvalue weighted by Gasteiger charge is -2.04. The van der Waals surface area contributed by atoms with Gasteiger partial charge in [0.05, 0.1) is 5.33 Å². The van der Waals surface area contributed by atoms with Crippen molar-refractivity contribution in [1.82, 2.24) is 0 Å². The summed E-state index contributed by atoms with van der Waals surface area (Å²) in [6.07, 6.45) is 0. The smallest absolute Gasteiger partial charge is 0.231 e. The van der Waals surface area contributed by atoms with Gasteiger partial charge >= 0.3 is 0 Å². The number of ketones is 1. The molecule has 0 saturated heterocycles. The highest BCUT2D eigenvalue weighted by Gasteiger charge is 2.18. The number of nitrogen functional groups attached to an aromatic ring is 1. The summed E-state index contributed by atoms with van der Waals surface area (Å²) in [6, 6.07) is 3.22. The van der Waals surface area contributed by atoms with Crippen LogP contribution in [0, 0.1) is 0 Å². The van der Waals surface area contributed by atoms with Gasteiger partial charge in [0.2, 0.25) is 6.79 Å². The third-order valence-corrected chi connectivity index (χ3v) is 2.48. The fraction of sp³-hybridized carbons (Fsp3) is 0.222. The molecule has 0 fully saturated rings. The minimum atomic E-state index is -0.0687. The molecule has 14 heavy (non-hydrogen) atoms. The molecule has 0 amide bonds. The summed E-state index contributed by atoms with van der Waals surface area (Å²) in [5, 5.41) is 0.247. The number of hydrogen-bond acceptors (Lipinski definition) is 4. The molecule has 1 aromatic carbocycles. The largest absolute Gasteiger partial charge is 0.454 e. The molecular formula is C9H8BrNO3. The van der Waals surface area contributed by atoms with E-state index < -0.39 is 0 Å². The number of hydrogen-bond donors (Lipinski definition) is 1. The van der Waals surface area contributed by atoms with Gasteiger partial charge in [0.1, 0.15) is 0 Å². The molecule has 4 nitrogen and oxygen atoms in total. The van der Waals surface area contributed by atoms with Crippen molar-refractivity contribution in [1.29, 1.82) is 0 Å². The van der Waals surface area contributed by atoms with E-state index in [1.54, 1.807) is 12.1 Å². The number of fused-ring (bicyclic) bond motifs is 1. The minimum Gasteiger partial charge on any atom is -0.454 e. The number of alkyl halides is 1. The Morgan fingerprint density at radius 1 is 1.43 bits per heavy atom. The van der Waals surface area contributed by atoms with Crippen LogP contribution in [0.1, 0.15) is 10.4 Å². The Morgan fingerprint density at radius 3 is 2.71 bits per heavy atom. The summed E-state index contributed by atoms with van der Waals surface area (Å²) in [5.74, 6) is 1.10. The van der Waals surface area contributed by atoms with Gasteiger partial charge in [0, 0.05) is 17.3 Å². The van der Waals surface area contributed by atoms with Crippen molar-refractivity contribution >= 4 is 27.4 Å². The lowest BCUT2D eigenvalue weighted by Crippen LogP contribution is -2.04. The van der Waals surface area contributed by atoms with Crippen LogP contribution >= 0.6 is 15.9 Å². The van der Waals surface area contributed by atoms with Gasteiger partial charge in [-0.3, -0.25) is 4.79 Å². The molecule has 0 radical (unpaired) electrons. The van der Waals surface area contributed by atoms with Crippen LogP contribution in [-0.2, 0) is 0 Å². The zero-order valence-corrected chi connectivity index (χ0v) is 8.83. The van der Waals surface area contributed by atoms with E-state index in [-0.39, 0.29) is 17.9 Å². The Labute approximate surface area is 89.1 Å². The van der Waals surface area contributed by atoms with E-state index >= 15 is 0 Å². The van der Waals surface area contributed by atoms with Crippen LogP contribution < -0.4 is 15.2 Å². The standard InChI is InChI=1S/C9H8BrNO3/c10-3-7(12)5-1-8-9(2-6(5)11)14-4-13-8/h1-2H,3-4,11H2. The van der Waals surface area contributed by atoms with Gasteiger partial charge in [0.15, 0.2) is 17.3 Å². The number of benzene rings is 1. The number of Topliss-reactive ketones (excluding diaryl/α,β-unsaturated/α-hetero) is 1. The van der Waals surface area contributed by atoms with Crippen LogP contribution in [-0.4, -0.2) is 17.9 Å². The molecule has 1 aliphatic heterocycles. The number of nitrogens with two attached hydrogens (primary N) is 1. The fourth-order valence-electron chi connectivity index (χ4n) is 1.27. The van der Waals surface area contributed by atoms with Crippen LogP contribution in [0.25, 0.3) is 0 Å². The SMILES string of the molecule is Nc1cc2c(cc1C(=O)CBr)OCO2. The van der Waals surface area contributed by atoms with E-state index in [1.807, 2.05) is 0 Å². The lowest BCUT2D eigenvalue weighted by molar-refractivity contribution is 0.102. The maximum atomic E-state index is 11.4. The minimum absolute atomic E-state index is 0.0687. The summed E-state index contributed by atoms with van der Waals surface area (Å²) >= 11 is 3.09. The maximum Gasteiger partial charge on any atom is 0.231 e. The van der Waals surface area contributed by atoms with Gasteiger partial charge in [-0.25, -0.2) is 0 Å². The van der Waals surface area contributed by atoms with E-state index in [0.717, 1.165) is 0 Å². The van der Waals surface area contributed by atoms with Crippen molar-refractivity contribution < 1.29 is 14.3 Å². The number of carbonyl (C=O) groups is 1. The average molecular weight is 258 g/mol. The number of halogens is 1. The molecule has 0 bridgehead atoms. The fourth-order valence-corrected chi connectivity index (χ4v) is 1.57. The molecule has 1 aliphatic rings. The highest BCUT2D eigenvalue weighted by atomic mass is 79.9. The summed E-state index contributed by atoms with van der Waals surface area (Å²) in [4.78, 5) is 11.4. The third-order valence-electron chi connectivity index (χ3n) is 1.97. The van der Waals surface area contributed by atoms with Crippen molar-refractivity contribution in [2.75, 3.05) is 17.9 Å². The number of rotatable bonds is 2. The predicted molar refractivity (Wildman–Crippen MR) is 55.1 cm³/mol. The Kier molecular flexibility index (Phi) is 2.33. The summed E-state index contributed by atoms with van der Waals surface area (Å²) in [6.45, 7) is 0.181. The molecule has 0 spiro atoms. The quantitative estimate of drug-likeness (QED) is 0.497. The molecule has 2 rings (SSSR count). The highest BCUT2D eigenvalue weighted by Crippen LogP contribution is 2.36. The Morgan fingerprint density at radius 2 is 2.07 bits per heavy atom. The maximum absolute atomic E-state index is 11.4. The summed E-state index contributed by atoms with van der Waals surface area (Å²) in [5.41, 5.74) is 6.57. The van der Waals surface area contributed by atoms with Crippen molar-refractivity contribution in [3.05, 3.63) is 17.7 Å². The molecule has 0 saturated carbocycles. The third kappa shape index (κ3) is 1.43. The van der Waals surface area contributed by atoms with Crippen LogP contribution in [0.15, 0.2) is 12.1 Å². The molecule has 74 valence electrons. The van der Waals surface area contributed by atoms with Crippen LogP contribution in [0.3, 0.4) is 0 Å². The van der Waals surface area contributed by atoms with E-state index in [2.05, 4.69) is 15.9 Å².